The number of fused-ring (bicyclic) bond motifs is 1. The number of hydrogen-bond donors (Lipinski definition) is 1. The van der Waals surface area contributed by atoms with Crippen molar-refractivity contribution in [3.8, 4) is 5.75 Å². The highest BCUT2D eigenvalue weighted by Crippen LogP contribution is 2.22. The number of anilines is 1. The van der Waals surface area contributed by atoms with Crippen molar-refractivity contribution in [2.45, 2.75) is 20.5 Å². The molecule has 4 nitrogen and oxygen atoms in total. The van der Waals surface area contributed by atoms with Gasteiger partial charge in [0.25, 0.3) is 0 Å². The van der Waals surface area contributed by atoms with Gasteiger partial charge in [0.15, 0.2) is 0 Å². The number of alkyl halides is 2. The van der Waals surface area contributed by atoms with Crippen molar-refractivity contribution in [1.82, 2.24) is 4.98 Å². The summed E-state index contributed by atoms with van der Waals surface area (Å²) in [7, 11) is 0. The molecule has 0 saturated carbocycles. The van der Waals surface area contributed by atoms with E-state index in [4.69, 9.17) is 0 Å². The van der Waals surface area contributed by atoms with Gasteiger partial charge in [-0.1, -0.05) is 30.3 Å². The number of rotatable bonds is 5. The van der Waals surface area contributed by atoms with Gasteiger partial charge in [-0.2, -0.15) is 13.9 Å². The second-order valence-electron chi connectivity index (χ2n) is 5.53. The SMILES string of the molecule is C/C(=N\Nc1cc(C)c2ccccc2n1)c1ccccc1OC(F)F. The fourth-order valence-electron chi connectivity index (χ4n) is 2.57. The fourth-order valence-corrected chi connectivity index (χ4v) is 2.57. The Morgan fingerprint density at radius 3 is 2.64 bits per heavy atom. The molecule has 0 atom stereocenters. The quantitative estimate of drug-likeness (QED) is 0.526. The van der Waals surface area contributed by atoms with E-state index in [0.717, 1.165) is 16.5 Å². The van der Waals surface area contributed by atoms with Crippen LogP contribution in [0.5, 0.6) is 5.75 Å². The summed E-state index contributed by atoms with van der Waals surface area (Å²) in [6.45, 7) is 0.832. The molecule has 25 heavy (non-hydrogen) atoms. The largest absolute Gasteiger partial charge is 0.434 e. The van der Waals surface area contributed by atoms with Crippen LogP contribution in [-0.4, -0.2) is 17.3 Å². The van der Waals surface area contributed by atoms with Gasteiger partial charge >= 0.3 is 6.61 Å². The highest BCUT2D eigenvalue weighted by molar-refractivity contribution is 6.01. The molecule has 0 aliphatic rings. The number of nitrogens with zero attached hydrogens (tertiary/aromatic N) is 2. The molecule has 128 valence electrons. The van der Waals surface area contributed by atoms with Crippen LogP contribution in [0, 0.1) is 6.92 Å². The van der Waals surface area contributed by atoms with E-state index < -0.39 is 6.61 Å². The highest BCUT2D eigenvalue weighted by atomic mass is 19.3. The molecule has 1 heterocycles. The zero-order valence-corrected chi connectivity index (χ0v) is 13.8. The molecule has 0 amide bonds. The van der Waals surface area contributed by atoms with Gasteiger partial charge < -0.3 is 4.74 Å². The minimum atomic E-state index is -2.88. The Labute approximate surface area is 144 Å². The first-order valence-corrected chi connectivity index (χ1v) is 7.75. The lowest BCUT2D eigenvalue weighted by Crippen LogP contribution is -2.08. The van der Waals surface area contributed by atoms with E-state index in [2.05, 4.69) is 20.2 Å². The molecule has 0 unspecified atom stereocenters. The van der Waals surface area contributed by atoms with Crippen LogP contribution in [0.4, 0.5) is 14.6 Å². The Balaban J connectivity index is 1.87. The van der Waals surface area contributed by atoms with Crippen LogP contribution in [0.25, 0.3) is 10.9 Å². The van der Waals surface area contributed by atoms with Gasteiger partial charge in [-0.15, -0.1) is 0 Å². The number of hydrogen-bond acceptors (Lipinski definition) is 4. The van der Waals surface area contributed by atoms with Crippen LogP contribution in [0.3, 0.4) is 0 Å². The van der Waals surface area contributed by atoms with Crippen LogP contribution < -0.4 is 10.2 Å². The lowest BCUT2D eigenvalue weighted by atomic mass is 10.1. The molecule has 0 bridgehead atoms. The number of aryl methyl sites for hydroxylation is 1. The molecule has 0 spiro atoms. The predicted octanol–water partition coefficient (Wildman–Crippen LogP) is 4.98. The molecule has 0 fully saturated rings. The van der Waals surface area contributed by atoms with Crippen LogP contribution >= 0.6 is 0 Å². The zero-order chi connectivity index (χ0) is 17.8. The van der Waals surface area contributed by atoms with E-state index in [-0.39, 0.29) is 5.75 Å². The standard InChI is InChI=1S/C19H17F2N3O/c1-12-11-18(22-16-9-5-3-7-14(12)16)24-23-13(2)15-8-4-6-10-17(15)25-19(20)21/h3-11,19H,1-2H3,(H,22,24)/b23-13+. The number of para-hydroxylation sites is 2. The van der Waals surface area contributed by atoms with Crippen molar-refractivity contribution in [1.29, 1.82) is 0 Å². The van der Waals surface area contributed by atoms with Crippen LogP contribution in [-0.2, 0) is 0 Å². The van der Waals surface area contributed by atoms with Gasteiger partial charge in [0.05, 0.1) is 11.2 Å². The van der Waals surface area contributed by atoms with E-state index in [1.807, 2.05) is 37.3 Å². The number of hydrazone groups is 1. The van der Waals surface area contributed by atoms with Crippen LogP contribution in [0.15, 0.2) is 59.7 Å². The normalized spacial score (nSPS) is 11.8. The summed E-state index contributed by atoms with van der Waals surface area (Å²) >= 11 is 0. The lowest BCUT2D eigenvalue weighted by Gasteiger charge is -2.11. The third kappa shape index (κ3) is 3.91. The average molecular weight is 341 g/mol. The Hall–Kier alpha value is -3.02. The molecule has 1 aromatic heterocycles. The van der Waals surface area contributed by atoms with Gasteiger partial charge in [-0.05, 0) is 43.7 Å². The van der Waals surface area contributed by atoms with Gasteiger partial charge in [0.1, 0.15) is 11.6 Å². The van der Waals surface area contributed by atoms with E-state index in [0.29, 0.717) is 17.1 Å². The molecule has 0 radical (unpaired) electrons. The van der Waals surface area contributed by atoms with Gasteiger partial charge in [0, 0.05) is 10.9 Å². The van der Waals surface area contributed by atoms with E-state index in [1.165, 1.54) is 6.07 Å². The summed E-state index contributed by atoms with van der Waals surface area (Å²) in [5, 5.41) is 5.33. The average Bonchev–Trinajstić information content (AvgIpc) is 2.60. The summed E-state index contributed by atoms with van der Waals surface area (Å²) in [5.74, 6) is 0.672. The predicted molar refractivity (Wildman–Crippen MR) is 95.4 cm³/mol. The molecule has 3 rings (SSSR count). The molecule has 6 heteroatoms. The maximum absolute atomic E-state index is 12.5. The Bertz CT molecular complexity index is 925. The zero-order valence-electron chi connectivity index (χ0n) is 13.8. The van der Waals surface area contributed by atoms with Crippen LogP contribution in [0.1, 0.15) is 18.1 Å². The molecule has 0 saturated heterocycles. The van der Waals surface area contributed by atoms with Crippen molar-refractivity contribution in [2.24, 2.45) is 5.10 Å². The second-order valence-corrected chi connectivity index (χ2v) is 5.53. The molecular formula is C19H17F2N3O. The molecule has 0 aliphatic carbocycles. The number of nitrogens with one attached hydrogen (secondary N) is 1. The van der Waals surface area contributed by atoms with Crippen molar-refractivity contribution in [2.75, 3.05) is 5.43 Å². The maximum Gasteiger partial charge on any atom is 0.387 e. The Morgan fingerprint density at radius 2 is 1.84 bits per heavy atom. The summed E-state index contributed by atoms with van der Waals surface area (Å²) in [6, 6.07) is 16.2. The maximum atomic E-state index is 12.5. The third-order valence-corrected chi connectivity index (χ3v) is 3.75. The topological polar surface area (TPSA) is 46.5 Å². The second kappa shape index (κ2) is 7.25. The Kier molecular flexibility index (Phi) is 4.88. The number of benzene rings is 2. The molecule has 2 aromatic carbocycles. The molecular weight excluding hydrogens is 324 g/mol. The monoisotopic (exact) mass is 341 g/mol. The van der Waals surface area contributed by atoms with E-state index in [9.17, 15) is 8.78 Å². The van der Waals surface area contributed by atoms with Crippen molar-refractivity contribution >= 4 is 22.4 Å². The minimum Gasteiger partial charge on any atom is -0.434 e. The summed E-state index contributed by atoms with van der Waals surface area (Å²) in [4.78, 5) is 4.50. The third-order valence-electron chi connectivity index (χ3n) is 3.75. The number of ether oxygens (including phenoxy) is 1. The van der Waals surface area contributed by atoms with E-state index in [1.54, 1.807) is 25.1 Å². The minimum absolute atomic E-state index is 0.0863. The first kappa shape index (κ1) is 16.8. The Morgan fingerprint density at radius 1 is 1.12 bits per heavy atom. The number of halogens is 2. The van der Waals surface area contributed by atoms with Crippen molar-refractivity contribution in [3.63, 3.8) is 0 Å². The fraction of sp³-hybridized carbons (Fsp3) is 0.158. The molecule has 0 aliphatic heterocycles. The summed E-state index contributed by atoms with van der Waals surface area (Å²) in [5.41, 5.74) is 5.83. The van der Waals surface area contributed by atoms with Gasteiger partial charge in [-0.3, -0.25) is 5.43 Å². The van der Waals surface area contributed by atoms with E-state index >= 15 is 0 Å². The number of pyridine rings is 1. The first-order valence-electron chi connectivity index (χ1n) is 7.75. The smallest absolute Gasteiger partial charge is 0.387 e. The van der Waals surface area contributed by atoms with Crippen molar-refractivity contribution in [3.05, 3.63) is 65.7 Å². The van der Waals surface area contributed by atoms with Gasteiger partial charge in [-0.25, -0.2) is 4.98 Å². The van der Waals surface area contributed by atoms with Gasteiger partial charge in [0.2, 0.25) is 0 Å². The summed E-state index contributed by atoms with van der Waals surface area (Å²) in [6.07, 6.45) is 0. The molecule has 3 aromatic rings. The summed E-state index contributed by atoms with van der Waals surface area (Å²) < 4.78 is 29.6. The highest BCUT2D eigenvalue weighted by Gasteiger charge is 2.11. The lowest BCUT2D eigenvalue weighted by molar-refractivity contribution is -0.0499. The van der Waals surface area contributed by atoms with Crippen molar-refractivity contribution < 1.29 is 13.5 Å². The first-order chi connectivity index (χ1) is 12.0. The van der Waals surface area contributed by atoms with Crippen LogP contribution in [0.2, 0.25) is 0 Å². The number of aromatic nitrogens is 1. The molecule has 1 N–H and O–H groups in total.